The Balaban J connectivity index is 2.04. The summed E-state index contributed by atoms with van der Waals surface area (Å²) in [7, 11) is 1.32. The summed E-state index contributed by atoms with van der Waals surface area (Å²) in [5.74, 6) is 0.107. The molecule has 0 radical (unpaired) electrons. The van der Waals surface area contributed by atoms with Crippen LogP contribution in [-0.2, 0) is 11.2 Å². The van der Waals surface area contributed by atoms with E-state index < -0.39 is 5.97 Å². The third-order valence-electron chi connectivity index (χ3n) is 7.76. The molecule has 27 heavy (non-hydrogen) atoms. The molecule has 4 unspecified atom stereocenters. The molecule has 2 aliphatic carbocycles. The highest BCUT2D eigenvalue weighted by molar-refractivity contribution is 5.90. The smallest absolute Gasteiger partial charge is 0.337 e. The van der Waals surface area contributed by atoms with Gasteiger partial charge in [0.25, 0.3) is 0 Å². The molecule has 0 aliphatic heterocycles. The van der Waals surface area contributed by atoms with Crippen molar-refractivity contribution in [3.8, 4) is 11.5 Å². The molecule has 148 valence electrons. The number of hydrogen-bond acceptors (Lipinski definition) is 4. The van der Waals surface area contributed by atoms with Gasteiger partial charge in [0.15, 0.2) is 11.5 Å². The molecule has 0 saturated heterocycles. The highest BCUT2D eigenvalue weighted by atomic mass is 16.5. The molecule has 1 fully saturated rings. The maximum absolute atomic E-state index is 12.0. The number of benzene rings is 1. The lowest BCUT2D eigenvalue weighted by molar-refractivity contribution is -0.0412. The summed E-state index contributed by atoms with van der Waals surface area (Å²) >= 11 is 0. The number of phenolic OH excluding ortho intramolecular Hbond substituents is 2. The van der Waals surface area contributed by atoms with Gasteiger partial charge in [-0.15, -0.1) is 0 Å². The molecule has 0 bridgehead atoms. The Hall–Kier alpha value is -1.97. The molecule has 0 heterocycles. The molecule has 3 rings (SSSR count). The molecular formula is C23H32O4. The minimum Gasteiger partial charge on any atom is -0.504 e. The fraction of sp³-hybridized carbons (Fsp3) is 0.609. The van der Waals surface area contributed by atoms with Crippen molar-refractivity contribution in [3.63, 3.8) is 0 Å². The summed E-state index contributed by atoms with van der Waals surface area (Å²) in [6.45, 7) is 9.26. The monoisotopic (exact) mass is 372 g/mol. The Kier molecular flexibility index (Phi) is 5.04. The van der Waals surface area contributed by atoms with Gasteiger partial charge in [0.1, 0.15) is 0 Å². The Morgan fingerprint density at radius 2 is 1.96 bits per heavy atom. The number of allylic oxidation sites excluding steroid dienone is 2. The molecule has 1 aromatic carbocycles. The van der Waals surface area contributed by atoms with E-state index in [1.165, 1.54) is 25.2 Å². The van der Waals surface area contributed by atoms with Gasteiger partial charge < -0.3 is 14.9 Å². The van der Waals surface area contributed by atoms with Gasteiger partial charge in [-0.25, -0.2) is 4.79 Å². The van der Waals surface area contributed by atoms with E-state index in [0.29, 0.717) is 23.8 Å². The maximum Gasteiger partial charge on any atom is 0.337 e. The second kappa shape index (κ2) is 6.88. The number of aromatic hydroxyl groups is 2. The fourth-order valence-corrected chi connectivity index (χ4v) is 5.67. The Morgan fingerprint density at radius 3 is 2.63 bits per heavy atom. The van der Waals surface area contributed by atoms with Crippen LogP contribution in [0.1, 0.15) is 69.3 Å². The minimum atomic E-state index is -0.505. The second-order valence-corrected chi connectivity index (χ2v) is 9.05. The third-order valence-corrected chi connectivity index (χ3v) is 7.76. The van der Waals surface area contributed by atoms with Gasteiger partial charge in [-0.3, -0.25) is 0 Å². The van der Waals surface area contributed by atoms with E-state index in [1.807, 2.05) is 0 Å². The van der Waals surface area contributed by atoms with Crippen molar-refractivity contribution < 1.29 is 19.7 Å². The first-order chi connectivity index (χ1) is 12.6. The first-order valence-corrected chi connectivity index (χ1v) is 9.94. The van der Waals surface area contributed by atoms with E-state index in [2.05, 4.69) is 33.8 Å². The molecular weight excluding hydrogens is 340 g/mol. The van der Waals surface area contributed by atoms with Gasteiger partial charge in [-0.2, -0.15) is 0 Å². The molecule has 4 atom stereocenters. The number of phenols is 2. The minimum absolute atomic E-state index is 0.0266. The molecule has 1 saturated carbocycles. The summed E-state index contributed by atoms with van der Waals surface area (Å²) in [5.41, 5.74) is 2.53. The van der Waals surface area contributed by atoms with E-state index in [9.17, 15) is 15.0 Å². The molecule has 1 aromatic rings. The van der Waals surface area contributed by atoms with Crippen LogP contribution < -0.4 is 0 Å². The molecule has 0 aromatic heterocycles. The summed E-state index contributed by atoms with van der Waals surface area (Å²) in [5, 5.41) is 20.7. The number of hydrogen-bond donors (Lipinski definition) is 2. The highest BCUT2D eigenvalue weighted by Gasteiger charge is 2.53. The van der Waals surface area contributed by atoms with E-state index >= 15 is 0 Å². The van der Waals surface area contributed by atoms with Crippen molar-refractivity contribution in [2.24, 2.45) is 22.7 Å². The molecule has 0 spiro atoms. The lowest BCUT2D eigenvalue weighted by Gasteiger charge is -2.58. The molecule has 4 nitrogen and oxygen atoms in total. The number of ether oxygens (including phenoxy) is 1. The van der Waals surface area contributed by atoms with Crippen molar-refractivity contribution in [2.75, 3.05) is 7.11 Å². The number of fused-ring (bicyclic) bond motifs is 1. The van der Waals surface area contributed by atoms with Crippen LogP contribution in [0.4, 0.5) is 0 Å². The lowest BCUT2D eigenvalue weighted by atomic mass is 9.47. The second-order valence-electron chi connectivity index (χ2n) is 9.05. The van der Waals surface area contributed by atoms with E-state index in [0.717, 1.165) is 19.3 Å². The largest absolute Gasteiger partial charge is 0.504 e. The van der Waals surface area contributed by atoms with Gasteiger partial charge in [0.2, 0.25) is 0 Å². The first-order valence-electron chi connectivity index (χ1n) is 9.94. The Morgan fingerprint density at radius 1 is 1.26 bits per heavy atom. The summed E-state index contributed by atoms with van der Waals surface area (Å²) in [4.78, 5) is 12.0. The van der Waals surface area contributed by atoms with E-state index in [1.54, 1.807) is 6.07 Å². The standard InChI is InChI=1S/C23H32O4/c1-14-7-6-8-19-22(14,3)10-9-15(2)23(19,4)13-17-11-16(21(26)27-5)12-18(24)20(17)25/h7,11-12,15,19,24-25H,6,8-10,13H2,1-5H3. The molecule has 4 heteroatoms. The van der Waals surface area contributed by atoms with Crippen molar-refractivity contribution >= 4 is 5.97 Å². The quantitative estimate of drug-likeness (QED) is 0.433. The zero-order valence-electron chi connectivity index (χ0n) is 17.1. The van der Waals surface area contributed by atoms with Crippen molar-refractivity contribution in [1.29, 1.82) is 0 Å². The average Bonchev–Trinajstić information content (AvgIpc) is 2.63. The highest BCUT2D eigenvalue weighted by Crippen LogP contribution is 2.61. The van der Waals surface area contributed by atoms with E-state index in [4.69, 9.17) is 4.74 Å². The van der Waals surface area contributed by atoms with Crippen LogP contribution in [0.25, 0.3) is 0 Å². The van der Waals surface area contributed by atoms with Gasteiger partial charge >= 0.3 is 5.97 Å². The van der Waals surface area contributed by atoms with Crippen LogP contribution in [0, 0.1) is 22.7 Å². The summed E-state index contributed by atoms with van der Waals surface area (Å²) < 4.78 is 4.80. The van der Waals surface area contributed by atoms with Crippen LogP contribution in [0.3, 0.4) is 0 Å². The fourth-order valence-electron chi connectivity index (χ4n) is 5.67. The van der Waals surface area contributed by atoms with Crippen molar-refractivity contribution in [1.82, 2.24) is 0 Å². The van der Waals surface area contributed by atoms with Gasteiger partial charge in [0, 0.05) is 0 Å². The van der Waals surface area contributed by atoms with Crippen LogP contribution in [-0.4, -0.2) is 23.3 Å². The van der Waals surface area contributed by atoms with Crippen LogP contribution in [0.15, 0.2) is 23.8 Å². The van der Waals surface area contributed by atoms with Crippen LogP contribution >= 0.6 is 0 Å². The maximum atomic E-state index is 12.0. The normalized spacial score (nSPS) is 33.1. The Labute approximate surface area is 162 Å². The number of methoxy groups -OCH3 is 1. The van der Waals surface area contributed by atoms with Gasteiger partial charge in [0.05, 0.1) is 12.7 Å². The van der Waals surface area contributed by atoms with Gasteiger partial charge in [-0.05, 0) is 79.4 Å². The number of rotatable bonds is 3. The van der Waals surface area contributed by atoms with E-state index in [-0.39, 0.29) is 27.9 Å². The summed E-state index contributed by atoms with van der Waals surface area (Å²) in [6, 6.07) is 2.95. The van der Waals surface area contributed by atoms with Gasteiger partial charge in [-0.1, -0.05) is 32.4 Å². The molecule has 0 amide bonds. The number of esters is 1. The van der Waals surface area contributed by atoms with Crippen molar-refractivity contribution in [2.45, 2.75) is 59.8 Å². The predicted molar refractivity (Wildman–Crippen MR) is 106 cm³/mol. The topological polar surface area (TPSA) is 66.8 Å². The SMILES string of the molecule is COC(=O)c1cc(O)c(O)c(CC2(C)C(C)CCC3(C)C(C)=CCCC32)c1. The predicted octanol–water partition coefficient (Wildman–Crippen LogP) is 5.23. The zero-order chi connectivity index (χ0) is 20.0. The Bertz CT molecular complexity index is 781. The number of carbonyl (C=O) groups excluding carboxylic acids is 1. The number of carbonyl (C=O) groups is 1. The van der Waals surface area contributed by atoms with Crippen LogP contribution in [0.2, 0.25) is 0 Å². The third kappa shape index (κ3) is 3.13. The zero-order valence-corrected chi connectivity index (χ0v) is 17.1. The molecule has 2 aliphatic rings. The summed E-state index contributed by atoms with van der Waals surface area (Å²) in [6.07, 6.45) is 7.57. The van der Waals surface area contributed by atoms with Crippen molar-refractivity contribution in [3.05, 3.63) is 34.9 Å². The average molecular weight is 373 g/mol. The van der Waals surface area contributed by atoms with Crippen LogP contribution in [0.5, 0.6) is 11.5 Å². The first kappa shape index (κ1) is 19.8. The lowest BCUT2D eigenvalue weighted by Crippen LogP contribution is -2.50. The molecule has 2 N–H and O–H groups in total.